The number of ether oxygens (including phenoxy) is 2. The topological polar surface area (TPSA) is 81.9 Å². The van der Waals surface area contributed by atoms with Crippen LogP contribution in [0.4, 0.5) is 0 Å². The molecule has 0 spiro atoms. The minimum Gasteiger partial charge on any atom is -0.468 e. The number of amides is 1. The molecule has 0 bridgehead atoms. The van der Waals surface area contributed by atoms with E-state index in [-0.39, 0.29) is 24.8 Å². The van der Waals surface area contributed by atoms with Crippen LogP contribution in [-0.4, -0.2) is 49.2 Å². The van der Waals surface area contributed by atoms with E-state index in [9.17, 15) is 9.59 Å². The second-order valence-corrected chi connectivity index (χ2v) is 3.91. The second-order valence-electron chi connectivity index (χ2n) is 3.91. The number of rotatable bonds is 7. The van der Waals surface area contributed by atoms with Crippen LogP contribution in [0.3, 0.4) is 0 Å². The quantitative estimate of drug-likeness (QED) is 0.683. The summed E-state index contributed by atoms with van der Waals surface area (Å²) in [6.45, 7) is 2.50. The normalized spacial score (nSPS) is 10.3. The molecule has 0 N–H and O–H groups in total. The van der Waals surface area contributed by atoms with Gasteiger partial charge in [-0.2, -0.15) is 0 Å². The SMILES string of the molecule is CCCN(CC(=O)OC)C(=O)c1cc(COC)on1. The first kappa shape index (κ1) is 15.2. The van der Waals surface area contributed by atoms with Crippen LogP contribution in [0.2, 0.25) is 0 Å². The molecule has 7 heteroatoms. The van der Waals surface area contributed by atoms with Gasteiger partial charge in [0.1, 0.15) is 13.2 Å². The molecule has 7 nitrogen and oxygen atoms in total. The molecule has 0 saturated heterocycles. The lowest BCUT2D eigenvalue weighted by atomic mass is 10.3. The Morgan fingerprint density at radius 1 is 1.42 bits per heavy atom. The first-order chi connectivity index (χ1) is 9.12. The van der Waals surface area contributed by atoms with Crippen molar-refractivity contribution >= 4 is 11.9 Å². The lowest BCUT2D eigenvalue weighted by Gasteiger charge is -2.19. The molecule has 0 aliphatic carbocycles. The highest BCUT2D eigenvalue weighted by molar-refractivity contribution is 5.94. The average molecular weight is 270 g/mol. The van der Waals surface area contributed by atoms with Gasteiger partial charge in [-0.15, -0.1) is 0 Å². The molecule has 0 fully saturated rings. The molecule has 1 aromatic rings. The minimum atomic E-state index is -0.470. The highest BCUT2D eigenvalue weighted by atomic mass is 16.5. The van der Waals surface area contributed by atoms with E-state index in [2.05, 4.69) is 9.89 Å². The molecule has 0 atom stereocenters. The predicted molar refractivity (Wildman–Crippen MR) is 65.4 cm³/mol. The zero-order chi connectivity index (χ0) is 14.3. The van der Waals surface area contributed by atoms with Crippen LogP contribution in [0.25, 0.3) is 0 Å². The monoisotopic (exact) mass is 270 g/mol. The molecular formula is C12H18N2O5. The molecule has 1 rings (SSSR count). The number of aromatic nitrogens is 1. The summed E-state index contributed by atoms with van der Waals surface area (Å²) in [5.41, 5.74) is 0.157. The highest BCUT2D eigenvalue weighted by Gasteiger charge is 2.21. The average Bonchev–Trinajstić information content (AvgIpc) is 2.86. The molecular weight excluding hydrogens is 252 g/mol. The van der Waals surface area contributed by atoms with Crippen molar-refractivity contribution in [3.8, 4) is 0 Å². The molecule has 0 saturated carbocycles. The van der Waals surface area contributed by atoms with E-state index in [0.29, 0.717) is 12.3 Å². The van der Waals surface area contributed by atoms with Crippen LogP contribution in [0.5, 0.6) is 0 Å². The largest absolute Gasteiger partial charge is 0.468 e. The summed E-state index contributed by atoms with van der Waals surface area (Å²) in [6.07, 6.45) is 0.728. The standard InChI is InChI=1S/C12H18N2O5/c1-4-5-14(7-11(15)18-3)12(16)10-6-9(8-17-2)19-13-10/h6H,4-5,7-8H2,1-3H3. The molecule has 0 radical (unpaired) electrons. The fourth-order valence-corrected chi connectivity index (χ4v) is 1.53. The summed E-state index contributed by atoms with van der Waals surface area (Å²) in [5, 5.41) is 3.67. The number of esters is 1. The molecule has 106 valence electrons. The van der Waals surface area contributed by atoms with Crippen molar-refractivity contribution in [1.82, 2.24) is 10.1 Å². The summed E-state index contributed by atoms with van der Waals surface area (Å²) < 4.78 is 14.4. The molecule has 1 amide bonds. The summed E-state index contributed by atoms with van der Waals surface area (Å²) in [7, 11) is 2.80. The maximum Gasteiger partial charge on any atom is 0.325 e. The Balaban J connectivity index is 2.76. The van der Waals surface area contributed by atoms with E-state index in [1.54, 1.807) is 0 Å². The third kappa shape index (κ3) is 4.36. The third-order valence-electron chi connectivity index (χ3n) is 2.39. The van der Waals surface area contributed by atoms with Crippen LogP contribution in [0, 0.1) is 0 Å². The lowest BCUT2D eigenvalue weighted by Crippen LogP contribution is -2.37. The van der Waals surface area contributed by atoms with Crippen molar-refractivity contribution < 1.29 is 23.6 Å². The molecule has 1 heterocycles. The van der Waals surface area contributed by atoms with Gasteiger partial charge in [0.2, 0.25) is 0 Å². The van der Waals surface area contributed by atoms with Gasteiger partial charge in [0, 0.05) is 19.7 Å². The van der Waals surface area contributed by atoms with Crippen molar-refractivity contribution in [2.24, 2.45) is 0 Å². The Bertz CT molecular complexity index is 430. The van der Waals surface area contributed by atoms with Gasteiger partial charge in [-0.05, 0) is 6.42 Å². The predicted octanol–water partition coefficient (Wildman–Crippen LogP) is 0.846. The van der Waals surface area contributed by atoms with Gasteiger partial charge >= 0.3 is 5.97 Å². The number of carbonyl (C=O) groups excluding carboxylic acids is 2. The van der Waals surface area contributed by atoms with E-state index in [0.717, 1.165) is 6.42 Å². The third-order valence-corrected chi connectivity index (χ3v) is 2.39. The van der Waals surface area contributed by atoms with Crippen molar-refractivity contribution in [3.05, 3.63) is 17.5 Å². The maximum atomic E-state index is 12.2. The fourth-order valence-electron chi connectivity index (χ4n) is 1.53. The van der Waals surface area contributed by atoms with Crippen LogP contribution in [0.1, 0.15) is 29.6 Å². The number of hydrogen-bond acceptors (Lipinski definition) is 6. The molecule has 1 aromatic heterocycles. The Morgan fingerprint density at radius 2 is 2.16 bits per heavy atom. The first-order valence-corrected chi connectivity index (χ1v) is 5.93. The Hall–Kier alpha value is -1.89. The molecule has 19 heavy (non-hydrogen) atoms. The summed E-state index contributed by atoms with van der Waals surface area (Å²) in [5.74, 6) is -0.374. The van der Waals surface area contributed by atoms with Crippen LogP contribution in [-0.2, 0) is 20.9 Å². The molecule has 0 unspecified atom stereocenters. The number of nitrogens with zero attached hydrogens (tertiary/aromatic N) is 2. The van der Waals surface area contributed by atoms with E-state index in [1.807, 2.05) is 6.92 Å². The van der Waals surface area contributed by atoms with Crippen LogP contribution < -0.4 is 0 Å². The Morgan fingerprint density at radius 3 is 2.74 bits per heavy atom. The number of carbonyl (C=O) groups is 2. The summed E-state index contributed by atoms with van der Waals surface area (Å²) in [6, 6.07) is 1.51. The first-order valence-electron chi connectivity index (χ1n) is 5.93. The van der Waals surface area contributed by atoms with Gasteiger partial charge in [-0.3, -0.25) is 9.59 Å². The van der Waals surface area contributed by atoms with Gasteiger partial charge in [0.25, 0.3) is 5.91 Å². The smallest absolute Gasteiger partial charge is 0.325 e. The van der Waals surface area contributed by atoms with E-state index < -0.39 is 5.97 Å². The van der Waals surface area contributed by atoms with E-state index in [1.165, 1.54) is 25.2 Å². The van der Waals surface area contributed by atoms with Crippen molar-refractivity contribution in [3.63, 3.8) is 0 Å². The summed E-state index contributed by atoms with van der Waals surface area (Å²) in [4.78, 5) is 24.8. The summed E-state index contributed by atoms with van der Waals surface area (Å²) >= 11 is 0. The second kappa shape index (κ2) is 7.52. The molecule has 0 aromatic carbocycles. The van der Waals surface area contributed by atoms with Crippen LogP contribution >= 0.6 is 0 Å². The lowest BCUT2D eigenvalue weighted by molar-refractivity contribution is -0.141. The number of methoxy groups -OCH3 is 2. The van der Waals surface area contributed by atoms with Gasteiger partial charge in [-0.1, -0.05) is 12.1 Å². The molecule has 0 aliphatic heterocycles. The van der Waals surface area contributed by atoms with Gasteiger partial charge < -0.3 is 18.9 Å². The van der Waals surface area contributed by atoms with Gasteiger partial charge in [0.15, 0.2) is 11.5 Å². The zero-order valence-corrected chi connectivity index (χ0v) is 11.3. The number of hydrogen-bond donors (Lipinski definition) is 0. The van der Waals surface area contributed by atoms with Crippen molar-refractivity contribution in [2.45, 2.75) is 20.0 Å². The van der Waals surface area contributed by atoms with E-state index >= 15 is 0 Å². The van der Waals surface area contributed by atoms with Crippen LogP contribution in [0.15, 0.2) is 10.6 Å². The maximum absolute atomic E-state index is 12.2. The minimum absolute atomic E-state index is 0.102. The van der Waals surface area contributed by atoms with Gasteiger partial charge in [0.05, 0.1) is 7.11 Å². The highest BCUT2D eigenvalue weighted by Crippen LogP contribution is 2.08. The molecule has 0 aliphatic rings. The Labute approximate surface area is 111 Å². The van der Waals surface area contributed by atoms with Gasteiger partial charge in [-0.25, -0.2) is 0 Å². The van der Waals surface area contributed by atoms with E-state index in [4.69, 9.17) is 9.26 Å². The Kier molecular flexibility index (Phi) is 6.01. The zero-order valence-electron chi connectivity index (χ0n) is 11.3. The van der Waals surface area contributed by atoms with Crippen molar-refractivity contribution in [1.29, 1.82) is 0 Å². The fraction of sp³-hybridized carbons (Fsp3) is 0.583. The van der Waals surface area contributed by atoms with Crippen molar-refractivity contribution in [2.75, 3.05) is 27.3 Å².